The highest BCUT2D eigenvalue weighted by atomic mass is 35.5. The number of hydrogen-bond donors (Lipinski definition) is 3. The molecule has 1 amide bonds. The van der Waals surface area contributed by atoms with E-state index in [0.717, 1.165) is 18.2 Å². The van der Waals surface area contributed by atoms with Gasteiger partial charge in [0.25, 0.3) is 5.91 Å². The molecule has 1 aromatic heterocycles. The summed E-state index contributed by atoms with van der Waals surface area (Å²) in [5.74, 6) is -1.12. The van der Waals surface area contributed by atoms with Crippen LogP contribution < -0.4 is 15.4 Å². The summed E-state index contributed by atoms with van der Waals surface area (Å²) in [5.41, 5.74) is -0.905. The molecule has 2 N–H and O–H groups in total. The first-order valence-corrected chi connectivity index (χ1v) is 11.3. The Hall–Kier alpha value is -2.82. The number of rotatable bonds is 9. The number of benzene rings is 2. The SMILES string of the molecule is CNCCCOc1cc(F)ccc1Cc1nc(C(F)(F)F)c(Cl)cc1C(=O)Nc1cccc(S)c1. The van der Waals surface area contributed by atoms with E-state index in [0.29, 0.717) is 29.1 Å². The highest BCUT2D eigenvalue weighted by Crippen LogP contribution is 2.35. The normalized spacial score (nSPS) is 11.4. The zero-order chi connectivity index (χ0) is 25.6. The molecule has 0 atom stereocenters. The van der Waals surface area contributed by atoms with E-state index in [1.165, 1.54) is 6.07 Å². The van der Waals surface area contributed by atoms with Gasteiger partial charge in [0.1, 0.15) is 11.6 Å². The van der Waals surface area contributed by atoms with Gasteiger partial charge in [0, 0.05) is 28.6 Å². The fraction of sp³-hybridized carbons (Fsp3) is 0.250. The highest BCUT2D eigenvalue weighted by Gasteiger charge is 2.36. The van der Waals surface area contributed by atoms with Crippen molar-refractivity contribution in [1.29, 1.82) is 0 Å². The number of ether oxygens (including phenoxy) is 1. The second-order valence-electron chi connectivity index (χ2n) is 7.55. The highest BCUT2D eigenvalue weighted by molar-refractivity contribution is 7.80. The van der Waals surface area contributed by atoms with E-state index in [9.17, 15) is 22.4 Å². The molecule has 1 heterocycles. The molecule has 11 heteroatoms. The maximum atomic E-state index is 13.9. The number of hydrogen-bond acceptors (Lipinski definition) is 5. The summed E-state index contributed by atoms with van der Waals surface area (Å²) in [5, 5.41) is 4.86. The summed E-state index contributed by atoms with van der Waals surface area (Å²) in [6, 6.07) is 11.2. The molecule has 5 nitrogen and oxygen atoms in total. The number of carbonyl (C=O) groups is 1. The molecule has 0 bridgehead atoms. The summed E-state index contributed by atoms with van der Waals surface area (Å²) in [4.78, 5) is 17.3. The quantitative estimate of drug-likeness (QED) is 0.181. The minimum Gasteiger partial charge on any atom is -0.493 e. The maximum absolute atomic E-state index is 13.9. The molecule has 0 fully saturated rings. The van der Waals surface area contributed by atoms with Crippen LogP contribution in [0.3, 0.4) is 0 Å². The molecule has 0 spiro atoms. The Morgan fingerprint density at radius 2 is 1.94 bits per heavy atom. The van der Waals surface area contributed by atoms with Crippen LogP contribution in [0.5, 0.6) is 5.75 Å². The summed E-state index contributed by atoms with van der Waals surface area (Å²) in [6.07, 6.45) is -4.44. The van der Waals surface area contributed by atoms with Crippen molar-refractivity contribution >= 4 is 35.8 Å². The predicted octanol–water partition coefficient (Wildman–Crippen LogP) is 6.01. The molecular formula is C24H22ClF4N3O2S. The molecule has 0 radical (unpaired) electrons. The van der Waals surface area contributed by atoms with Crippen molar-refractivity contribution in [1.82, 2.24) is 10.3 Å². The van der Waals surface area contributed by atoms with E-state index in [1.807, 2.05) is 0 Å². The topological polar surface area (TPSA) is 63.2 Å². The number of nitrogens with one attached hydrogen (secondary N) is 2. The van der Waals surface area contributed by atoms with E-state index in [-0.39, 0.29) is 30.0 Å². The molecule has 0 aliphatic rings. The van der Waals surface area contributed by atoms with Gasteiger partial charge in [-0.25, -0.2) is 9.37 Å². The molecule has 0 unspecified atom stereocenters. The summed E-state index contributed by atoms with van der Waals surface area (Å²) >= 11 is 10.1. The van der Waals surface area contributed by atoms with E-state index >= 15 is 0 Å². The molecule has 35 heavy (non-hydrogen) atoms. The predicted molar refractivity (Wildman–Crippen MR) is 129 cm³/mol. The number of nitrogens with zero attached hydrogens (tertiary/aromatic N) is 1. The van der Waals surface area contributed by atoms with Crippen LogP contribution in [-0.2, 0) is 12.6 Å². The average molecular weight is 528 g/mol. The molecular weight excluding hydrogens is 506 g/mol. The van der Waals surface area contributed by atoms with Crippen molar-refractivity contribution in [3.63, 3.8) is 0 Å². The fourth-order valence-corrected chi connectivity index (χ4v) is 3.74. The Kier molecular flexibility index (Phi) is 8.98. The van der Waals surface area contributed by atoms with Gasteiger partial charge in [-0.1, -0.05) is 23.7 Å². The minimum atomic E-state index is -4.84. The number of amides is 1. The first-order valence-electron chi connectivity index (χ1n) is 10.5. The lowest BCUT2D eigenvalue weighted by Gasteiger charge is -2.16. The van der Waals surface area contributed by atoms with Crippen LogP contribution in [0.4, 0.5) is 23.2 Å². The molecule has 3 rings (SSSR count). The first-order chi connectivity index (χ1) is 16.6. The lowest BCUT2D eigenvalue weighted by Crippen LogP contribution is -2.19. The second kappa shape index (κ2) is 11.7. The van der Waals surface area contributed by atoms with E-state index < -0.39 is 28.6 Å². The largest absolute Gasteiger partial charge is 0.493 e. The van der Waals surface area contributed by atoms with Gasteiger partial charge in [-0.15, -0.1) is 12.6 Å². The van der Waals surface area contributed by atoms with Crippen molar-refractivity contribution in [3.05, 3.63) is 81.9 Å². The fourth-order valence-electron chi connectivity index (χ4n) is 3.26. The minimum absolute atomic E-state index is 0.153. The van der Waals surface area contributed by atoms with E-state index in [2.05, 4.69) is 28.2 Å². The molecule has 3 aromatic rings. The zero-order valence-electron chi connectivity index (χ0n) is 18.5. The lowest BCUT2D eigenvalue weighted by atomic mass is 10.0. The molecule has 0 saturated carbocycles. The number of alkyl halides is 3. The lowest BCUT2D eigenvalue weighted by molar-refractivity contribution is -0.141. The van der Waals surface area contributed by atoms with Crippen LogP contribution in [0, 0.1) is 5.82 Å². The third-order valence-corrected chi connectivity index (χ3v) is 5.45. The van der Waals surface area contributed by atoms with Crippen LogP contribution in [0.1, 0.15) is 33.7 Å². The molecule has 2 aromatic carbocycles. The van der Waals surface area contributed by atoms with Crippen LogP contribution in [0.25, 0.3) is 0 Å². The van der Waals surface area contributed by atoms with Gasteiger partial charge < -0.3 is 15.4 Å². The number of carbonyl (C=O) groups excluding carboxylic acids is 1. The Labute approximate surface area is 210 Å². The van der Waals surface area contributed by atoms with Crippen molar-refractivity contribution in [3.8, 4) is 5.75 Å². The van der Waals surface area contributed by atoms with E-state index in [4.69, 9.17) is 16.3 Å². The number of anilines is 1. The van der Waals surface area contributed by atoms with Crippen LogP contribution in [0.2, 0.25) is 5.02 Å². The summed E-state index contributed by atoms with van der Waals surface area (Å²) in [7, 11) is 1.77. The Morgan fingerprint density at radius 3 is 2.63 bits per heavy atom. The Balaban J connectivity index is 2.00. The summed E-state index contributed by atoms with van der Waals surface area (Å²) < 4.78 is 60.1. The standard InChI is InChI=1S/C24H22ClF4N3O2S/c1-30-8-3-9-34-21-11-15(26)7-6-14(21)10-20-18(13-19(25)22(32-20)24(27,28)29)23(33)31-16-4-2-5-17(35)12-16/h2,4-7,11-13,30,35H,3,8-10H2,1H3,(H,31,33). The van der Waals surface area contributed by atoms with Gasteiger partial charge in [-0.05, 0) is 50.3 Å². The van der Waals surface area contributed by atoms with E-state index in [1.54, 1.807) is 31.3 Å². The van der Waals surface area contributed by atoms with Crippen molar-refractivity contribution in [2.45, 2.75) is 23.9 Å². The monoisotopic (exact) mass is 527 g/mol. The van der Waals surface area contributed by atoms with Crippen molar-refractivity contribution in [2.24, 2.45) is 0 Å². The first kappa shape index (κ1) is 26.8. The van der Waals surface area contributed by atoms with Crippen LogP contribution in [-0.4, -0.2) is 31.1 Å². The molecule has 0 saturated heterocycles. The number of aromatic nitrogens is 1. The van der Waals surface area contributed by atoms with Crippen LogP contribution >= 0.6 is 24.2 Å². The smallest absolute Gasteiger partial charge is 0.434 e. The third-order valence-electron chi connectivity index (χ3n) is 4.89. The molecule has 186 valence electrons. The number of halogens is 5. The summed E-state index contributed by atoms with van der Waals surface area (Å²) in [6.45, 7) is 0.919. The van der Waals surface area contributed by atoms with Gasteiger partial charge >= 0.3 is 6.18 Å². The number of pyridine rings is 1. The molecule has 0 aliphatic carbocycles. The zero-order valence-corrected chi connectivity index (χ0v) is 20.2. The van der Waals surface area contributed by atoms with Gasteiger partial charge in [0.15, 0.2) is 5.69 Å². The van der Waals surface area contributed by atoms with Crippen molar-refractivity contribution < 1.29 is 27.1 Å². The molecule has 0 aliphatic heterocycles. The van der Waals surface area contributed by atoms with Gasteiger partial charge in [0.05, 0.1) is 22.9 Å². The van der Waals surface area contributed by atoms with Crippen LogP contribution in [0.15, 0.2) is 53.4 Å². The Morgan fingerprint density at radius 1 is 1.17 bits per heavy atom. The average Bonchev–Trinajstić information content (AvgIpc) is 2.78. The maximum Gasteiger partial charge on any atom is 0.434 e. The number of thiol groups is 1. The van der Waals surface area contributed by atoms with Gasteiger partial charge in [-0.3, -0.25) is 4.79 Å². The van der Waals surface area contributed by atoms with Crippen molar-refractivity contribution in [2.75, 3.05) is 25.5 Å². The second-order valence-corrected chi connectivity index (χ2v) is 8.47. The van der Waals surface area contributed by atoms with Gasteiger partial charge in [-0.2, -0.15) is 13.2 Å². The third kappa shape index (κ3) is 7.33. The Bertz CT molecular complexity index is 1210. The van der Waals surface area contributed by atoms with Gasteiger partial charge in [0.2, 0.25) is 0 Å².